The molecule has 0 saturated carbocycles. The van der Waals surface area contributed by atoms with Gasteiger partial charge in [-0.3, -0.25) is 0 Å². The molecule has 1 N–H and O–H groups in total. The van der Waals surface area contributed by atoms with Gasteiger partial charge in [-0.15, -0.1) is 0 Å². The van der Waals surface area contributed by atoms with Gasteiger partial charge in [-0.1, -0.05) is 133 Å². The number of fused-ring (bicyclic) bond motifs is 6. The smallest absolute Gasteiger partial charge is 0.0709 e. The summed E-state index contributed by atoms with van der Waals surface area (Å²) in [5.74, 6) is 0.145. The zero-order valence-corrected chi connectivity index (χ0v) is 28.0. The Balaban J connectivity index is 1.25. The van der Waals surface area contributed by atoms with E-state index in [0.717, 1.165) is 11.4 Å². The summed E-state index contributed by atoms with van der Waals surface area (Å²) in [4.78, 5) is 2.58. The number of aromatic nitrogens is 1. The summed E-state index contributed by atoms with van der Waals surface area (Å²) in [6.07, 6.45) is 2.54. The summed E-state index contributed by atoms with van der Waals surface area (Å²) in [6.45, 7) is 0. The summed E-state index contributed by atoms with van der Waals surface area (Å²) in [6, 6.07) is 67.9. The number of nitrogens with zero attached hydrogens (tertiary/aromatic N) is 2. The van der Waals surface area contributed by atoms with E-state index in [-0.39, 0.29) is 12.0 Å². The van der Waals surface area contributed by atoms with Crippen LogP contribution in [0.2, 0.25) is 0 Å². The van der Waals surface area contributed by atoms with Crippen LogP contribution in [0.3, 0.4) is 0 Å². The molecule has 242 valence electrons. The maximum atomic E-state index is 3.82. The van der Waals surface area contributed by atoms with E-state index in [1.165, 1.54) is 66.4 Å². The normalized spacial score (nSPS) is 15.9. The van der Waals surface area contributed by atoms with Gasteiger partial charge in [0.05, 0.1) is 16.9 Å². The van der Waals surface area contributed by atoms with Crippen LogP contribution in [0.4, 0.5) is 22.7 Å². The fourth-order valence-electron chi connectivity index (χ4n) is 8.42. The van der Waals surface area contributed by atoms with Crippen molar-refractivity contribution in [1.29, 1.82) is 0 Å². The predicted molar refractivity (Wildman–Crippen MR) is 213 cm³/mol. The van der Waals surface area contributed by atoms with E-state index in [2.05, 4.69) is 209 Å². The van der Waals surface area contributed by atoms with Crippen molar-refractivity contribution in [1.82, 2.24) is 4.57 Å². The Morgan fingerprint density at radius 2 is 1.16 bits per heavy atom. The average molecular weight is 654 g/mol. The van der Waals surface area contributed by atoms with Crippen LogP contribution in [-0.2, 0) is 0 Å². The molecule has 2 atom stereocenters. The Morgan fingerprint density at radius 1 is 0.510 bits per heavy atom. The van der Waals surface area contributed by atoms with E-state index in [1.54, 1.807) is 0 Å². The molecule has 0 amide bonds. The molecule has 1 aliphatic heterocycles. The SMILES string of the molecule is C1=c2c(c3ccccc3n2-c2ccccc2)=C(c2cccc(Nc3ccccc3-c3ccccc3)c2)C2C1c1ccccc1N2c1ccccc1. The molecule has 8 aromatic rings. The average Bonchev–Trinajstić information content (AvgIpc) is 3.71. The molecule has 0 radical (unpaired) electrons. The van der Waals surface area contributed by atoms with Crippen molar-refractivity contribution >= 4 is 45.3 Å². The van der Waals surface area contributed by atoms with Crippen LogP contribution in [0, 0.1) is 0 Å². The number of hydrogen-bond acceptors (Lipinski definition) is 2. The Hall–Kier alpha value is -6.58. The largest absolute Gasteiger partial charge is 0.355 e. The molecule has 1 aromatic heterocycles. The van der Waals surface area contributed by atoms with Gasteiger partial charge >= 0.3 is 0 Å². The maximum Gasteiger partial charge on any atom is 0.0709 e. The summed E-state index contributed by atoms with van der Waals surface area (Å²) < 4.78 is 2.47. The first-order valence-corrected chi connectivity index (χ1v) is 17.7. The molecular weight excluding hydrogens is 619 g/mol. The molecule has 0 bridgehead atoms. The van der Waals surface area contributed by atoms with Crippen molar-refractivity contribution in [2.45, 2.75) is 12.0 Å². The fraction of sp³-hybridized carbons (Fsp3) is 0.0417. The fourth-order valence-corrected chi connectivity index (χ4v) is 8.42. The van der Waals surface area contributed by atoms with Crippen molar-refractivity contribution in [2.75, 3.05) is 10.2 Å². The summed E-state index contributed by atoms with van der Waals surface area (Å²) in [7, 11) is 0. The number of hydrogen-bond donors (Lipinski definition) is 1. The lowest BCUT2D eigenvalue weighted by atomic mass is 9.82. The van der Waals surface area contributed by atoms with Crippen molar-refractivity contribution in [2.24, 2.45) is 0 Å². The van der Waals surface area contributed by atoms with E-state index in [4.69, 9.17) is 0 Å². The number of para-hydroxylation sites is 5. The topological polar surface area (TPSA) is 20.2 Å². The lowest BCUT2D eigenvalue weighted by molar-refractivity contribution is 0.777. The van der Waals surface area contributed by atoms with Crippen molar-refractivity contribution in [3.63, 3.8) is 0 Å². The van der Waals surface area contributed by atoms with Gasteiger partial charge in [-0.2, -0.15) is 0 Å². The lowest BCUT2D eigenvalue weighted by Gasteiger charge is -2.34. The molecule has 51 heavy (non-hydrogen) atoms. The first-order valence-electron chi connectivity index (χ1n) is 17.7. The van der Waals surface area contributed by atoms with Crippen molar-refractivity contribution in [3.05, 3.63) is 210 Å². The maximum absolute atomic E-state index is 3.82. The Kier molecular flexibility index (Phi) is 6.95. The van der Waals surface area contributed by atoms with Crippen molar-refractivity contribution in [3.8, 4) is 16.8 Å². The minimum Gasteiger partial charge on any atom is -0.355 e. The van der Waals surface area contributed by atoms with Crippen molar-refractivity contribution < 1.29 is 0 Å². The van der Waals surface area contributed by atoms with Crippen LogP contribution < -0.4 is 20.8 Å². The molecule has 10 rings (SSSR count). The first-order chi connectivity index (χ1) is 25.3. The molecule has 0 fully saturated rings. The molecule has 2 heterocycles. The zero-order chi connectivity index (χ0) is 33.7. The first kappa shape index (κ1) is 29.3. The molecule has 2 unspecified atom stereocenters. The summed E-state index contributed by atoms with van der Waals surface area (Å²) >= 11 is 0. The molecular formula is C48H35N3. The van der Waals surface area contributed by atoms with E-state index in [1.807, 2.05) is 0 Å². The number of anilines is 4. The third-order valence-electron chi connectivity index (χ3n) is 10.5. The second kappa shape index (κ2) is 12.1. The van der Waals surface area contributed by atoms with Crippen LogP contribution in [0.1, 0.15) is 17.0 Å². The highest BCUT2D eigenvalue weighted by Crippen LogP contribution is 2.50. The molecule has 1 aliphatic carbocycles. The molecule has 2 aliphatic rings. The summed E-state index contributed by atoms with van der Waals surface area (Å²) in [5.41, 5.74) is 13.3. The summed E-state index contributed by atoms with van der Waals surface area (Å²) in [5, 5.41) is 7.63. The standard InChI is InChI=1S/C48H35N3/c1-4-17-33(18-5-1)38-25-10-13-28-42(38)49-35-20-16-19-34(31-35)46-47-40-27-12-15-30-44(40)50(36-21-6-2-7-22-36)45(47)32-41-39-26-11-14-29-43(39)51(48(41)46)37-23-8-3-9-24-37/h1-32,41,48-49H. The third kappa shape index (κ3) is 4.81. The molecule has 3 heteroatoms. The predicted octanol–water partition coefficient (Wildman–Crippen LogP) is 10.3. The van der Waals surface area contributed by atoms with E-state index in [9.17, 15) is 0 Å². The number of benzene rings is 7. The highest BCUT2D eigenvalue weighted by molar-refractivity contribution is 5.95. The molecule has 0 saturated heterocycles. The van der Waals surface area contributed by atoms with Gasteiger partial charge in [0.1, 0.15) is 0 Å². The van der Waals surface area contributed by atoms with Crippen LogP contribution in [-0.4, -0.2) is 10.6 Å². The van der Waals surface area contributed by atoms with Gasteiger partial charge in [-0.05, 0) is 82.9 Å². The van der Waals surface area contributed by atoms with Gasteiger partial charge in [0.15, 0.2) is 0 Å². The van der Waals surface area contributed by atoms with E-state index in [0.29, 0.717) is 0 Å². The van der Waals surface area contributed by atoms with Gasteiger partial charge in [0.25, 0.3) is 0 Å². The highest BCUT2D eigenvalue weighted by Gasteiger charge is 2.43. The minimum atomic E-state index is 0.0548. The second-order valence-corrected chi connectivity index (χ2v) is 13.4. The van der Waals surface area contributed by atoms with Gasteiger partial charge in [0, 0.05) is 50.5 Å². The number of nitrogens with one attached hydrogen (secondary N) is 1. The molecule has 0 spiro atoms. The third-order valence-corrected chi connectivity index (χ3v) is 10.5. The Bertz CT molecular complexity index is 2680. The quantitative estimate of drug-likeness (QED) is 0.193. The van der Waals surface area contributed by atoms with Gasteiger partial charge in [0.2, 0.25) is 0 Å². The van der Waals surface area contributed by atoms with Crippen LogP contribution in [0.5, 0.6) is 0 Å². The molecule has 3 nitrogen and oxygen atoms in total. The minimum absolute atomic E-state index is 0.0548. The van der Waals surface area contributed by atoms with Crippen LogP contribution >= 0.6 is 0 Å². The van der Waals surface area contributed by atoms with Crippen LogP contribution in [0.25, 0.3) is 39.4 Å². The lowest BCUT2D eigenvalue weighted by Crippen LogP contribution is -2.44. The van der Waals surface area contributed by atoms with Gasteiger partial charge in [-0.25, -0.2) is 0 Å². The Labute approximate surface area is 297 Å². The van der Waals surface area contributed by atoms with E-state index >= 15 is 0 Å². The number of rotatable bonds is 6. The second-order valence-electron chi connectivity index (χ2n) is 13.4. The van der Waals surface area contributed by atoms with Crippen LogP contribution in [0.15, 0.2) is 188 Å². The van der Waals surface area contributed by atoms with E-state index < -0.39 is 0 Å². The molecule has 7 aromatic carbocycles. The van der Waals surface area contributed by atoms with Gasteiger partial charge < -0.3 is 14.8 Å². The zero-order valence-electron chi connectivity index (χ0n) is 28.0. The highest BCUT2D eigenvalue weighted by atomic mass is 15.2. The Morgan fingerprint density at radius 3 is 1.98 bits per heavy atom. The monoisotopic (exact) mass is 653 g/mol.